The van der Waals surface area contributed by atoms with E-state index in [1.54, 1.807) is 20.8 Å². The van der Waals surface area contributed by atoms with E-state index in [1.165, 1.54) is 23.1 Å². The van der Waals surface area contributed by atoms with E-state index in [-0.39, 0.29) is 31.5 Å². The number of carbonyl (C=O) groups is 3. The molecule has 3 aromatic carbocycles. The summed E-state index contributed by atoms with van der Waals surface area (Å²) in [5.74, 6) is -4.55. The molecule has 7 rings (SSSR count). The molecule has 4 aliphatic rings. The van der Waals surface area contributed by atoms with Gasteiger partial charge in [-0.3, -0.25) is 19.1 Å². The molecule has 0 bridgehead atoms. The van der Waals surface area contributed by atoms with Crippen LogP contribution in [0.1, 0.15) is 68.7 Å². The van der Waals surface area contributed by atoms with Gasteiger partial charge in [-0.15, -0.1) is 0 Å². The molecular weight excluding hydrogens is 786 g/mol. The molecule has 0 aromatic heterocycles. The van der Waals surface area contributed by atoms with Gasteiger partial charge in [0.1, 0.15) is 23.4 Å². The van der Waals surface area contributed by atoms with Gasteiger partial charge in [0.25, 0.3) is 5.91 Å². The highest BCUT2D eigenvalue weighted by Crippen LogP contribution is 2.48. The van der Waals surface area contributed by atoms with Crippen molar-refractivity contribution in [3.8, 4) is 11.1 Å². The van der Waals surface area contributed by atoms with Gasteiger partial charge < -0.3 is 20.4 Å². The number of carbonyl (C=O) groups excluding carboxylic acids is 3. The second-order valence-electron chi connectivity index (χ2n) is 16.4. The third kappa shape index (κ3) is 8.20. The predicted octanol–water partition coefficient (Wildman–Crippen LogP) is 5.42. The quantitative estimate of drug-likeness (QED) is 0.121. The molecule has 1 heterocycles. The maximum atomic E-state index is 14.6. The minimum atomic E-state index is -4.59. The van der Waals surface area contributed by atoms with Crippen LogP contribution >= 0.6 is 0 Å². The van der Waals surface area contributed by atoms with E-state index in [4.69, 9.17) is 4.84 Å². The third-order valence-corrected chi connectivity index (χ3v) is 13.1. The summed E-state index contributed by atoms with van der Waals surface area (Å²) in [5, 5.41) is 9.16. The fraction of sp³-hybridized carbons (Fsp3) is 0.463. The van der Waals surface area contributed by atoms with Crippen LogP contribution in [0, 0.1) is 11.3 Å². The first-order valence-electron chi connectivity index (χ1n) is 19.1. The fourth-order valence-electron chi connectivity index (χ4n) is 7.92. The molecule has 3 N–H and O–H groups in total. The van der Waals surface area contributed by atoms with E-state index < -0.39 is 92.6 Å². The zero-order valence-corrected chi connectivity index (χ0v) is 32.8. The first-order valence-corrected chi connectivity index (χ1v) is 20.6. The molecule has 17 heteroatoms. The number of nitrogens with one attached hydrogen (secondary N) is 3. The van der Waals surface area contributed by atoms with Crippen molar-refractivity contribution in [1.29, 1.82) is 0 Å². The Balaban J connectivity index is 1.16. The van der Waals surface area contributed by atoms with E-state index in [2.05, 4.69) is 15.8 Å². The maximum Gasteiger partial charge on any atom is 0.416 e. The highest BCUT2D eigenvalue weighted by Gasteiger charge is 2.67. The van der Waals surface area contributed by atoms with Gasteiger partial charge in [0.2, 0.25) is 28.3 Å². The number of likely N-dealkylation sites (tertiary alicyclic amines) is 1. The van der Waals surface area contributed by atoms with Crippen molar-refractivity contribution in [2.75, 3.05) is 13.1 Å². The average molecular weight is 830 g/mol. The highest BCUT2D eigenvalue weighted by atomic mass is 32.2. The monoisotopic (exact) mass is 829 g/mol. The number of oxime groups is 1. The lowest BCUT2D eigenvalue weighted by atomic mass is 9.85. The molecule has 3 amide bonds. The summed E-state index contributed by atoms with van der Waals surface area (Å²) in [6.07, 6.45) is -8.74. The zero-order chi connectivity index (χ0) is 41.8. The van der Waals surface area contributed by atoms with Crippen molar-refractivity contribution >= 4 is 33.5 Å². The van der Waals surface area contributed by atoms with Gasteiger partial charge >= 0.3 is 6.18 Å². The Morgan fingerprint density at radius 1 is 0.914 bits per heavy atom. The molecule has 0 radical (unpaired) electrons. The third-order valence-electron chi connectivity index (χ3n) is 11.2. The first-order chi connectivity index (χ1) is 27.3. The molecule has 58 heavy (non-hydrogen) atoms. The number of halogens is 5. The minimum absolute atomic E-state index is 0.0222. The molecule has 3 aromatic rings. The van der Waals surface area contributed by atoms with Crippen molar-refractivity contribution in [3.05, 3.63) is 95.1 Å². The second-order valence-corrected chi connectivity index (χ2v) is 18.4. The van der Waals surface area contributed by atoms with Crippen LogP contribution in [0.4, 0.5) is 22.0 Å². The number of hydrogen-bond acceptors (Lipinski definition) is 8. The van der Waals surface area contributed by atoms with Gasteiger partial charge in [-0.25, -0.2) is 17.2 Å². The van der Waals surface area contributed by atoms with Crippen LogP contribution < -0.4 is 15.4 Å². The van der Waals surface area contributed by atoms with E-state index in [1.807, 2.05) is 53.3 Å². The Labute approximate surface area is 332 Å². The van der Waals surface area contributed by atoms with Crippen molar-refractivity contribution in [2.45, 2.75) is 94.5 Å². The summed E-state index contributed by atoms with van der Waals surface area (Å²) >= 11 is 0. The lowest BCUT2D eigenvalue weighted by Gasteiger charge is -2.36. The number of sulfonamides is 1. The Bertz CT molecular complexity index is 2190. The Morgan fingerprint density at radius 2 is 1.50 bits per heavy atom. The van der Waals surface area contributed by atoms with Crippen LogP contribution in [-0.4, -0.2) is 85.2 Å². The van der Waals surface area contributed by atoms with Crippen LogP contribution in [0.2, 0.25) is 0 Å². The van der Waals surface area contributed by atoms with Crippen molar-refractivity contribution in [3.63, 3.8) is 0 Å². The minimum Gasteiger partial charge on any atom is -0.390 e. The second kappa shape index (κ2) is 15.4. The van der Waals surface area contributed by atoms with Gasteiger partial charge in [-0.05, 0) is 60.4 Å². The summed E-state index contributed by atoms with van der Waals surface area (Å²) in [5.41, 5.74) is 0.115. The van der Waals surface area contributed by atoms with Crippen LogP contribution in [0.3, 0.4) is 0 Å². The summed E-state index contributed by atoms with van der Waals surface area (Å²) in [7, 11) is -4.16. The van der Waals surface area contributed by atoms with Gasteiger partial charge in [-0.1, -0.05) is 92.7 Å². The number of rotatable bonds is 13. The van der Waals surface area contributed by atoms with E-state index in [9.17, 15) is 44.8 Å². The fourth-order valence-corrected chi connectivity index (χ4v) is 9.28. The largest absolute Gasteiger partial charge is 0.416 e. The number of amides is 3. The molecule has 3 aliphatic carbocycles. The van der Waals surface area contributed by atoms with Gasteiger partial charge in [0, 0.05) is 17.5 Å². The summed E-state index contributed by atoms with van der Waals surface area (Å²) in [6.45, 7) is 4.97. The van der Waals surface area contributed by atoms with Crippen molar-refractivity contribution < 1.29 is 49.6 Å². The van der Waals surface area contributed by atoms with Crippen LogP contribution in [0.5, 0.6) is 0 Å². The van der Waals surface area contributed by atoms with Gasteiger partial charge in [-0.2, -0.15) is 13.2 Å². The number of alkyl halides is 5. The molecule has 1 saturated heterocycles. The molecule has 1 aliphatic heterocycles. The summed E-state index contributed by atoms with van der Waals surface area (Å²) in [6, 6.07) is 17.8. The molecule has 310 valence electrons. The molecule has 3 fully saturated rings. The number of benzene rings is 3. The summed E-state index contributed by atoms with van der Waals surface area (Å²) < 4.78 is 96.7. The summed E-state index contributed by atoms with van der Waals surface area (Å²) in [4.78, 5) is 49.5. The molecular formula is C41H44F5N5O6S. The van der Waals surface area contributed by atoms with Gasteiger partial charge in [0.05, 0.1) is 29.3 Å². The number of fused-ring (bicyclic) bond motifs is 3. The SMILES string of the molecule is CC(C)(C)[C@H](NCCc1ccccc1C(F)(F)F)C(=O)N1C[C@H](ON=C2c3ccccc3-c3ccccc32)C[C@H]1C(=O)N[C@@]1(C(=O)NS(=O)(=O)C2CC2)C[C@H]1C(F)F. The van der Waals surface area contributed by atoms with Gasteiger partial charge in [0.15, 0.2) is 0 Å². The smallest absolute Gasteiger partial charge is 0.390 e. The van der Waals surface area contributed by atoms with E-state index >= 15 is 0 Å². The van der Waals surface area contributed by atoms with E-state index in [0.717, 1.165) is 28.3 Å². The van der Waals surface area contributed by atoms with Crippen LogP contribution in [0.25, 0.3) is 11.1 Å². The topological polar surface area (TPSA) is 146 Å². The Morgan fingerprint density at radius 3 is 2.05 bits per heavy atom. The average Bonchev–Trinajstić information content (AvgIpc) is 4.08. The number of hydrogen-bond donors (Lipinski definition) is 3. The molecule has 11 nitrogen and oxygen atoms in total. The molecule has 0 unspecified atom stereocenters. The predicted molar refractivity (Wildman–Crippen MR) is 204 cm³/mol. The Kier molecular flexibility index (Phi) is 10.9. The molecule has 2 saturated carbocycles. The van der Waals surface area contributed by atoms with Crippen molar-refractivity contribution in [2.24, 2.45) is 16.5 Å². The lowest BCUT2D eigenvalue weighted by molar-refractivity contribution is -0.143. The van der Waals surface area contributed by atoms with Crippen LogP contribution in [-0.2, 0) is 41.8 Å². The number of nitrogens with zero attached hydrogens (tertiary/aromatic N) is 2. The zero-order valence-electron chi connectivity index (χ0n) is 32.0. The van der Waals surface area contributed by atoms with Crippen molar-refractivity contribution in [1.82, 2.24) is 20.3 Å². The Hall–Kier alpha value is -4.90. The molecule has 0 spiro atoms. The van der Waals surface area contributed by atoms with Crippen LogP contribution in [0.15, 0.2) is 78.0 Å². The van der Waals surface area contributed by atoms with E-state index in [0.29, 0.717) is 18.6 Å². The first kappa shape index (κ1) is 41.3. The standard InChI is InChI=1S/C41H44F5N5O6S/c1-39(2,3)34(47-19-18-23-10-4-9-15-30(23)41(44,45)46)37(53)51-22-24(57-49-33-28-13-7-5-11-26(28)27-12-6-8-14-29(27)33)20-32(51)36(52)48-40(21-31(40)35(42)43)38(54)50-58(55,56)25-16-17-25/h4-15,24-25,31-32,34-35,47H,16-22H2,1-3H3,(H,48,52)(H,50,54)/t24-,31+,32+,34-,40+/m1/s1. The highest BCUT2D eigenvalue weighted by molar-refractivity contribution is 7.91. The lowest BCUT2D eigenvalue weighted by Crippen LogP contribution is -2.60. The maximum absolute atomic E-state index is 14.6. The molecule has 5 atom stereocenters. The normalized spacial score (nSPS) is 23.2.